The van der Waals surface area contributed by atoms with Crippen LogP contribution in [-0.4, -0.2) is 16.3 Å². The van der Waals surface area contributed by atoms with Crippen LogP contribution >= 0.6 is 11.3 Å². The molecule has 0 fully saturated rings. The lowest BCUT2D eigenvalue weighted by molar-refractivity contribution is 0.494. The van der Waals surface area contributed by atoms with Crippen LogP contribution in [0, 0.1) is 0 Å². The first kappa shape index (κ1) is 11.0. The second-order valence-corrected chi connectivity index (χ2v) is 5.66. The summed E-state index contributed by atoms with van der Waals surface area (Å²) in [5.41, 5.74) is 3.99. The fourth-order valence-electron chi connectivity index (χ4n) is 2.41. The van der Waals surface area contributed by atoms with E-state index in [4.69, 9.17) is 5.10 Å². The van der Waals surface area contributed by atoms with Gasteiger partial charge in [0.1, 0.15) is 5.69 Å². The highest BCUT2D eigenvalue weighted by Gasteiger charge is 2.22. The van der Waals surface area contributed by atoms with Crippen LogP contribution < -0.4 is 5.32 Å². The number of aromatic nitrogens is 2. The van der Waals surface area contributed by atoms with Crippen molar-refractivity contribution in [3.05, 3.63) is 28.8 Å². The van der Waals surface area contributed by atoms with Crippen molar-refractivity contribution in [3.8, 4) is 10.6 Å². The molecule has 0 bridgehead atoms. The van der Waals surface area contributed by atoms with Gasteiger partial charge in [0.2, 0.25) is 0 Å². The summed E-state index contributed by atoms with van der Waals surface area (Å²) in [6.45, 7) is 6.42. The predicted octanol–water partition coefficient (Wildman–Crippen LogP) is 2.84. The molecule has 0 aromatic carbocycles. The molecule has 0 saturated heterocycles. The van der Waals surface area contributed by atoms with Crippen LogP contribution in [0.3, 0.4) is 0 Å². The monoisotopic (exact) mass is 247 g/mol. The number of rotatable bonds is 2. The minimum absolute atomic E-state index is 0.440. The van der Waals surface area contributed by atoms with Crippen molar-refractivity contribution >= 4 is 11.3 Å². The molecule has 90 valence electrons. The number of hydrogen-bond acceptors (Lipinski definition) is 3. The standard InChI is InChI=1S/C13H17N3S/c1-9(2)16-11-5-6-14-8-10(11)13(15-16)12-4-3-7-17-12/h3-4,7,9,14H,5-6,8H2,1-2H3. The lowest BCUT2D eigenvalue weighted by Crippen LogP contribution is -2.25. The van der Waals surface area contributed by atoms with E-state index < -0.39 is 0 Å². The molecule has 0 saturated carbocycles. The quantitative estimate of drug-likeness (QED) is 0.884. The molecule has 1 aliphatic heterocycles. The van der Waals surface area contributed by atoms with Crippen molar-refractivity contribution in [2.75, 3.05) is 6.54 Å². The van der Waals surface area contributed by atoms with Gasteiger partial charge in [0, 0.05) is 36.8 Å². The number of nitrogens with one attached hydrogen (secondary N) is 1. The number of hydrogen-bond donors (Lipinski definition) is 1. The molecule has 17 heavy (non-hydrogen) atoms. The molecule has 3 heterocycles. The number of nitrogens with zero attached hydrogens (tertiary/aromatic N) is 2. The Bertz CT molecular complexity index is 511. The van der Waals surface area contributed by atoms with E-state index in [1.165, 1.54) is 21.8 Å². The van der Waals surface area contributed by atoms with E-state index in [0.29, 0.717) is 6.04 Å². The molecular weight excluding hydrogens is 230 g/mol. The van der Waals surface area contributed by atoms with Crippen LogP contribution in [-0.2, 0) is 13.0 Å². The summed E-state index contributed by atoms with van der Waals surface area (Å²) >= 11 is 1.77. The number of fused-ring (bicyclic) bond motifs is 1. The first-order valence-corrected chi connectivity index (χ1v) is 7.00. The lowest BCUT2D eigenvalue weighted by Gasteiger charge is -2.17. The maximum Gasteiger partial charge on any atom is 0.107 e. The Balaban J connectivity index is 2.16. The molecule has 1 aliphatic rings. The lowest BCUT2D eigenvalue weighted by atomic mass is 10.1. The molecule has 0 aliphatic carbocycles. The first-order valence-electron chi connectivity index (χ1n) is 6.12. The van der Waals surface area contributed by atoms with Gasteiger partial charge in [-0.3, -0.25) is 4.68 Å². The second-order valence-electron chi connectivity index (χ2n) is 4.72. The number of thiophene rings is 1. The van der Waals surface area contributed by atoms with Gasteiger partial charge in [-0.05, 0) is 25.3 Å². The Morgan fingerprint density at radius 2 is 2.35 bits per heavy atom. The topological polar surface area (TPSA) is 29.9 Å². The SMILES string of the molecule is CC(C)n1nc(-c2cccs2)c2c1CCNC2. The smallest absolute Gasteiger partial charge is 0.107 e. The zero-order valence-electron chi connectivity index (χ0n) is 10.2. The van der Waals surface area contributed by atoms with Gasteiger partial charge < -0.3 is 5.32 Å². The van der Waals surface area contributed by atoms with Crippen LogP contribution in [0.15, 0.2) is 17.5 Å². The van der Waals surface area contributed by atoms with Gasteiger partial charge >= 0.3 is 0 Å². The van der Waals surface area contributed by atoms with E-state index in [-0.39, 0.29) is 0 Å². The van der Waals surface area contributed by atoms with Gasteiger partial charge in [0.15, 0.2) is 0 Å². The summed E-state index contributed by atoms with van der Waals surface area (Å²) in [5.74, 6) is 0. The first-order chi connectivity index (χ1) is 8.27. The fraction of sp³-hybridized carbons (Fsp3) is 0.462. The van der Waals surface area contributed by atoms with Gasteiger partial charge in [-0.2, -0.15) is 5.10 Å². The van der Waals surface area contributed by atoms with Crippen molar-refractivity contribution in [1.29, 1.82) is 0 Å². The molecule has 3 nitrogen and oxygen atoms in total. The van der Waals surface area contributed by atoms with Gasteiger partial charge in [-0.1, -0.05) is 6.07 Å². The summed E-state index contributed by atoms with van der Waals surface area (Å²) in [4.78, 5) is 1.28. The van der Waals surface area contributed by atoms with Crippen LogP contribution in [0.2, 0.25) is 0 Å². The summed E-state index contributed by atoms with van der Waals surface area (Å²) in [6.07, 6.45) is 1.09. The van der Waals surface area contributed by atoms with Crippen molar-refractivity contribution in [2.24, 2.45) is 0 Å². The molecule has 2 aromatic heterocycles. The summed E-state index contributed by atoms with van der Waals surface area (Å²) < 4.78 is 2.20. The Labute approximate surface area is 105 Å². The molecule has 2 aromatic rings. The van der Waals surface area contributed by atoms with Crippen molar-refractivity contribution < 1.29 is 0 Å². The molecule has 0 spiro atoms. The maximum absolute atomic E-state index is 4.82. The van der Waals surface area contributed by atoms with Crippen LogP contribution in [0.25, 0.3) is 10.6 Å². The molecule has 0 unspecified atom stereocenters. The van der Waals surface area contributed by atoms with Crippen molar-refractivity contribution in [2.45, 2.75) is 32.9 Å². The van der Waals surface area contributed by atoms with E-state index in [0.717, 1.165) is 19.5 Å². The Kier molecular flexibility index (Phi) is 2.76. The summed E-state index contributed by atoms with van der Waals surface area (Å²) in [5, 5.41) is 10.4. The average Bonchev–Trinajstić information content (AvgIpc) is 2.95. The molecule has 1 N–H and O–H groups in total. The molecular formula is C13H17N3S. The van der Waals surface area contributed by atoms with Crippen molar-refractivity contribution in [1.82, 2.24) is 15.1 Å². The van der Waals surface area contributed by atoms with Gasteiger partial charge in [-0.25, -0.2) is 0 Å². The Morgan fingerprint density at radius 1 is 1.47 bits per heavy atom. The van der Waals surface area contributed by atoms with E-state index in [1.807, 2.05) is 0 Å². The summed E-state index contributed by atoms with van der Waals surface area (Å²) in [7, 11) is 0. The van der Waals surface area contributed by atoms with E-state index >= 15 is 0 Å². The minimum Gasteiger partial charge on any atom is -0.312 e. The van der Waals surface area contributed by atoms with Gasteiger partial charge in [-0.15, -0.1) is 11.3 Å². The highest BCUT2D eigenvalue weighted by molar-refractivity contribution is 7.13. The third kappa shape index (κ3) is 1.81. The molecule has 4 heteroatoms. The zero-order chi connectivity index (χ0) is 11.8. The molecule has 3 rings (SSSR count). The van der Waals surface area contributed by atoms with Gasteiger partial charge in [0.05, 0.1) is 4.88 Å². The molecule has 0 radical (unpaired) electrons. The highest BCUT2D eigenvalue weighted by Crippen LogP contribution is 2.31. The third-order valence-corrected chi connectivity index (χ3v) is 4.08. The van der Waals surface area contributed by atoms with Gasteiger partial charge in [0.25, 0.3) is 0 Å². The zero-order valence-corrected chi connectivity index (χ0v) is 11.0. The largest absolute Gasteiger partial charge is 0.312 e. The predicted molar refractivity (Wildman–Crippen MR) is 71.3 cm³/mol. The maximum atomic E-state index is 4.82. The third-order valence-electron chi connectivity index (χ3n) is 3.20. The Morgan fingerprint density at radius 3 is 3.06 bits per heavy atom. The normalized spacial score (nSPS) is 15.2. The Hall–Kier alpha value is -1.13. The fourth-order valence-corrected chi connectivity index (χ4v) is 3.15. The second kappa shape index (κ2) is 4.27. The summed E-state index contributed by atoms with van der Waals surface area (Å²) in [6, 6.07) is 4.69. The van der Waals surface area contributed by atoms with Crippen molar-refractivity contribution in [3.63, 3.8) is 0 Å². The molecule has 0 amide bonds. The van der Waals surface area contributed by atoms with Crippen LogP contribution in [0.4, 0.5) is 0 Å². The highest BCUT2D eigenvalue weighted by atomic mass is 32.1. The molecule has 0 atom stereocenters. The van der Waals surface area contributed by atoms with E-state index in [1.54, 1.807) is 11.3 Å². The van der Waals surface area contributed by atoms with E-state index in [2.05, 4.69) is 41.4 Å². The van der Waals surface area contributed by atoms with E-state index in [9.17, 15) is 0 Å². The minimum atomic E-state index is 0.440. The van der Waals surface area contributed by atoms with Crippen LogP contribution in [0.1, 0.15) is 31.1 Å². The van der Waals surface area contributed by atoms with Crippen LogP contribution in [0.5, 0.6) is 0 Å². The average molecular weight is 247 g/mol.